The van der Waals surface area contributed by atoms with Gasteiger partial charge in [-0.05, 0) is 49.4 Å². The molecule has 1 N–H and O–H groups in total. The molecule has 1 unspecified atom stereocenters. The fourth-order valence-electron chi connectivity index (χ4n) is 7.91. The Morgan fingerprint density at radius 2 is 1.93 bits per heavy atom. The Morgan fingerprint density at radius 3 is 2.63 bits per heavy atom. The molecule has 0 aromatic heterocycles. The first-order chi connectivity index (χ1) is 12.7. The second kappa shape index (κ2) is 5.33. The van der Waals surface area contributed by atoms with E-state index >= 15 is 0 Å². The number of hydrogen-bond acceptors (Lipinski definition) is 6. The number of carbonyl (C=O) groups is 2. The zero-order chi connectivity index (χ0) is 19.4. The summed E-state index contributed by atoms with van der Waals surface area (Å²) in [5, 5.41) is 10.9. The highest BCUT2D eigenvalue weighted by Gasteiger charge is 2.80. The monoisotopic (exact) mass is 378 g/mol. The van der Waals surface area contributed by atoms with Crippen LogP contribution in [0.3, 0.4) is 0 Å². The molecule has 27 heavy (non-hydrogen) atoms. The van der Waals surface area contributed by atoms with Gasteiger partial charge >= 0.3 is 5.97 Å². The highest BCUT2D eigenvalue weighted by molar-refractivity contribution is 6.07. The van der Waals surface area contributed by atoms with Crippen molar-refractivity contribution in [1.29, 1.82) is 0 Å². The Balaban J connectivity index is 1.74. The molecule has 2 spiro atoms. The summed E-state index contributed by atoms with van der Waals surface area (Å²) in [5.74, 6) is -0.597. The summed E-state index contributed by atoms with van der Waals surface area (Å²) in [6.45, 7) is 6.25. The van der Waals surface area contributed by atoms with Crippen LogP contribution in [0.25, 0.3) is 0 Å². The minimum absolute atomic E-state index is 0.0335. The van der Waals surface area contributed by atoms with Crippen molar-refractivity contribution in [3.05, 3.63) is 0 Å². The van der Waals surface area contributed by atoms with Crippen molar-refractivity contribution in [2.24, 2.45) is 39.9 Å². The van der Waals surface area contributed by atoms with Gasteiger partial charge in [-0.2, -0.15) is 0 Å². The third-order valence-corrected chi connectivity index (χ3v) is 8.94. The fraction of sp³-hybridized carbons (Fsp3) is 0.905. The molecule has 3 aliphatic carbocycles. The third-order valence-electron chi connectivity index (χ3n) is 8.94. The molecular formula is C21H30O6. The molecule has 6 heteroatoms. The maximum atomic E-state index is 13.4. The second-order valence-electron chi connectivity index (χ2n) is 10.2. The lowest BCUT2D eigenvalue weighted by atomic mass is 9.43. The Kier molecular flexibility index (Phi) is 3.57. The number of fused-ring (bicyclic) bond motifs is 1. The zero-order valence-corrected chi connectivity index (χ0v) is 16.6. The third kappa shape index (κ3) is 1.83. The van der Waals surface area contributed by atoms with Crippen LogP contribution >= 0.6 is 0 Å². The van der Waals surface area contributed by atoms with Gasteiger partial charge in [-0.25, -0.2) is 0 Å². The molecule has 2 aliphatic heterocycles. The summed E-state index contributed by atoms with van der Waals surface area (Å²) in [4.78, 5) is 26.7. The molecule has 2 heterocycles. The fourth-order valence-corrected chi connectivity index (χ4v) is 7.91. The summed E-state index contributed by atoms with van der Waals surface area (Å²) in [5.41, 5.74) is -1.96. The Labute approximate surface area is 159 Å². The lowest BCUT2D eigenvalue weighted by Gasteiger charge is -2.62. The van der Waals surface area contributed by atoms with Crippen molar-refractivity contribution in [2.45, 2.75) is 71.6 Å². The first-order valence-corrected chi connectivity index (χ1v) is 10.3. The van der Waals surface area contributed by atoms with E-state index in [1.165, 1.54) is 0 Å². The highest BCUT2D eigenvalue weighted by Crippen LogP contribution is 2.72. The van der Waals surface area contributed by atoms with E-state index in [-0.39, 0.29) is 46.9 Å². The molecule has 2 saturated heterocycles. The van der Waals surface area contributed by atoms with Crippen molar-refractivity contribution in [3.8, 4) is 0 Å². The Hall–Kier alpha value is -0.980. The first kappa shape index (κ1) is 18.1. The van der Waals surface area contributed by atoms with Gasteiger partial charge in [0.15, 0.2) is 18.4 Å². The topological polar surface area (TPSA) is 82.1 Å². The summed E-state index contributed by atoms with van der Waals surface area (Å²) in [6, 6.07) is 0. The SMILES string of the molecule is CO[C@H]1O[C@@H](O)[C@@H]2C(C)(C)CC[C@@H]3OC(=O)[C@@]45C[C@H](CC[C@H]4C132)[C@@H](C)C5=O. The number of ketones is 1. The molecule has 0 radical (unpaired) electrons. The number of ether oxygens (including phenoxy) is 3. The van der Waals surface area contributed by atoms with Crippen LogP contribution in [0.4, 0.5) is 0 Å². The number of aliphatic hydroxyl groups excluding tert-OH is 1. The predicted octanol–water partition coefficient (Wildman–Crippen LogP) is 2.28. The standard InChI is InChI=1S/C21H30O6/c1-10-11-5-6-12-20(9-11,15(10)22)17(24)26-13-7-8-19(2,3)14-16(23)27-18(25-4)21(12,13)14/h10-14,16,18,23H,5-9H2,1-4H3/t10-,11+,12-,13+,14-,16-,18+,20+,21?/m1/s1. The van der Waals surface area contributed by atoms with Gasteiger partial charge in [0.2, 0.25) is 0 Å². The minimum Gasteiger partial charge on any atom is -0.461 e. The normalized spacial score (nSPS) is 55.5. The van der Waals surface area contributed by atoms with Crippen LogP contribution in [0, 0.1) is 39.9 Å². The van der Waals surface area contributed by atoms with Gasteiger partial charge in [0.05, 0.1) is 5.41 Å². The van der Waals surface area contributed by atoms with Gasteiger partial charge in [0, 0.05) is 18.9 Å². The van der Waals surface area contributed by atoms with Gasteiger partial charge in [-0.3, -0.25) is 9.59 Å². The summed E-state index contributed by atoms with van der Waals surface area (Å²) in [6.07, 6.45) is 1.82. The quantitative estimate of drug-likeness (QED) is 0.557. The Morgan fingerprint density at radius 1 is 1.19 bits per heavy atom. The predicted molar refractivity (Wildman–Crippen MR) is 94.1 cm³/mol. The average Bonchev–Trinajstić information content (AvgIpc) is 3.04. The number of hydrogen-bond donors (Lipinski definition) is 1. The van der Waals surface area contributed by atoms with Crippen molar-refractivity contribution < 1.29 is 28.9 Å². The van der Waals surface area contributed by atoms with E-state index in [0.717, 1.165) is 19.3 Å². The molecule has 0 aromatic rings. The van der Waals surface area contributed by atoms with Crippen LogP contribution in [0.5, 0.6) is 0 Å². The molecule has 9 atom stereocenters. The zero-order valence-electron chi connectivity index (χ0n) is 16.6. The number of esters is 1. The lowest BCUT2D eigenvalue weighted by molar-refractivity contribution is -0.273. The van der Waals surface area contributed by atoms with Crippen LogP contribution < -0.4 is 0 Å². The van der Waals surface area contributed by atoms with Crippen LogP contribution in [-0.2, 0) is 23.8 Å². The summed E-state index contributed by atoms with van der Waals surface area (Å²) >= 11 is 0. The van der Waals surface area contributed by atoms with Gasteiger partial charge in [0.25, 0.3) is 0 Å². The molecule has 5 fully saturated rings. The van der Waals surface area contributed by atoms with Gasteiger partial charge in [-0.1, -0.05) is 20.8 Å². The van der Waals surface area contributed by atoms with E-state index < -0.39 is 23.4 Å². The maximum absolute atomic E-state index is 13.4. The van der Waals surface area contributed by atoms with E-state index in [4.69, 9.17) is 14.2 Å². The van der Waals surface area contributed by atoms with E-state index in [0.29, 0.717) is 12.8 Å². The van der Waals surface area contributed by atoms with Crippen molar-refractivity contribution in [2.75, 3.05) is 7.11 Å². The van der Waals surface area contributed by atoms with Crippen LogP contribution in [-0.4, -0.2) is 42.7 Å². The molecular weight excluding hydrogens is 348 g/mol. The molecule has 5 aliphatic rings. The molecule has 5 rings (SSSR count). The van der Waals surface area contributed by atoms with Gasteiger partial charge in [0.1, 0.15) is 11.5 Å². The minimum atomic E-state index is -1.09. The van der Waals surface area contributed by atoms with E-state index in [1.807, 2.05) is 6.92 Å². The van der Waals surface area contributed by atoms with Crippen LogP contribution in [0.2, 0.25) is 0 Å². The van der Waals surface area contributed by atoms with E-state index in [2.05, 4.69) is 13.8 Å². The van der Waals surface area contributed by atoms with Gasteiger partial charge in [-0.15, -0.1) is 0 Å². The van der Waals surface area contributed by atoms with E-state index in [9.17, 15) is 14.7 Å². The molecule has 6 nitrogen and oxygen atoms in total. The van der Waals surface area contributed by atoms with Crippen molar-refractivity contribution >= 4 is 11.8 Å². The lowest BCUT2D eigenvalue weighted by Crippen LogP contribution is -2.70. The number of methoxy groups -OCH3 is 1. The molecule has 2 bridgehead atoms. The largest absolute Gasteiger partial charge is 0.461 e. The molecule has 0 amide bonds. The molecule has 150 valence electrons. The van der Waals surface area contributed by atoms with Gasteiger partial charge < -0.3 is 19.3 Å². The maximum Gasteiger partial charge on any atom is 0.320 e. The second-order valence-corrected chi connectivity index (χ2v) is 10.2. The summed E-state index contributed by atoms with van der Waals surface area (Å²) in [7, 11) is 1.58. The average molecular weight is 378 g/mol. The summed E-state index contributed by atoms with van der Waals surface area (Å²) < 4.78 is 17.7. The van der Waals surface area contributed by atoms with Crippen molar-refractivity contribution in [1.82, 2.24) is 0 Å². The first-order valence-electron chi connectivity index (χ1n) is 10.3. The van der Waals surface area contributed by atoms with Crippen LogP contribution in [0.15, 0.2) is 0 Å². The number of carbonyl (C=O) groups excluding carboxylic acids is 2. The smallest absolute Gasteiger partial charge is 0.320 e. The number of rotatable bonds is 1. The van der Waals surface area contributed by atoms with Crippen molar-refractivity contribution in [3.63, 3.8) is 0 Å². The molecule has 3 saturated carbocycles. The molecule has 0 aromatic carbocycles. The number of Topliss-reactive ketones (excluding diaryl/α,β-unsaturated/α-hetero) is 1. The highest BCUT2D eigenvalue weighted by atomic mass is 16.7. The number of aliphatic hydroxyl groups is 1. The van der Waals surface area contributed by atoms with E-state index in [1.54, 1.807) is 7.11 Å². The Bertz CT molecular complexity index is 703. The van der Waals surface area contributed by atoms with Crippen LogP contribution in [0.1, 0.15) is 52.9 Å².